The molecule has 11 heavy (non-hydrogen) atoms. The topological polar surface area (TPSA) is 18.5 Å². The molecule has 64 valence electrons. The molecule has 1 fully saturated rings. The predicted molar refractivity (Wildman–Crippen MR) is 48.2 cm³/mol. The van der Waals surface area contributed by atoms with Crippen molar-refractivity contribution in [2.24, 2.45) is 0 Å². The van der Waals surface area contributed by atoms with E-state index in [1.54, 1.807) is 0 Å². The van der Waals surface area contributed by atoms with E-state index in [0.29, 0.717) is 12.4 Å². The van der Waals surface area contributed by atoms with E-state index in [4.69, 9.17) is 9.47 Å². The Hall–Kier alpha value is 0.01000. The van der Waals surface area contributed by atoms with Gasteiger partial charge in [-0.05, 0) is 12.0 Å². The summed E-state index contributed by atoms with van der Waals surface area (Å²) in [7, 11) is 0. The minimum Gasteiger partial charge on any atom is -0.379 e. The number of rotatable bonds is 4. The summed E-state index contributed by atoms with van der Waals surface area (Å²) in [6.45, 7) is 5.98. The van der Waals surface area contributed by atoms with Gasteiger partial charge in [0.2, 0.25) is 0 Å². The fourth-order valence-corrected chi connectivity index (χ4v) is 1.02. The van der Waals surface area contributed by atoms with Crippen LogP contribution in [0.5, 0.6) is 0 Å². The van der Waals surface area contributed by atoms with Gasteiger partial charge >= 0.3 is 0 Å². The molecule has 0 aliphatic carbocycles. The Morgan fingerprint density at radius 3 is 3.09 bits per heavy atom. The Balaban J connectivity index is 2.06. The van der Waals surface area contributed by atoms with Crippen LogP contribution in [0.25, 0.3) is 0 Å². The highest BCUT2D eigenvalue weighted by Crippen LogP contribution is 2.09. The lowest BCUT2D eigenvalue weighted by atomic mass is 10.3. The Morgan fingerprint density at radius 1 is 1.73 bits per heavy atom. The van der Waals surface area contributed by atoms with Crippen LogP contribution in [0.15, 0.2) is 12.2 Å². The summed E-state index contributed by atoms with van der Waals surface area (Å²) in [4.78, 5) is 0. The van der Waals surface area contributed by atoms with Crippen molar-refractivity contribution in [1.82, 2.24) is 0 Å². The van der Waals surface area contributed by atoms with Crippen molar-refractivity contribution in [2.45, 2.75) is 12.5 Å². The summed E-state index contributed by atoms with van der Waals surface area (Å²) in [6, 6.07) is 0. The van der Waals surface area contributed by atoms with Crippen molar-refractivity contribution in [1.29, 1.82) is 0 Å². The van der Waals surface area contributed by atoms with Crippen LogP contribution in [0.1, 0.15) is 6.42 Å². The van der Waals surface area contributed by atoms with Crippen LogP contribution in [0.3, 0.4) is 0 Å². The second-order valence-corrected chi connectivity index (χ2v) is 3.02. The monoisotopic (exact) mass is 174 g/mol. The van der Waals surface area contributed by atoms with Gasteiger partial charge in [0, 0.05) is 12.4 Å². The van der Waals surface area contributed by atoms with Gasteiger partial charge in [-0.25, -0.2) is 0 Å². The van der Waals surface area contributed by atoms with Crippen LogP contribution in [0.2, 0.25) is 0 Å². The largest absolute Gasteiger partial charge is 0.379 e. The van der Waals surface area contributed by atoms with Gasteiger partial charge in [0.25, 0.3) is 0 Å². The number of hydrogen-bond acceptors (Lipinski definition) is 3. The smallest absolute Gasteiger partial charge is 0.0834 e. The zero-order valence-corrected chi connectivity index (χ0v) is 7.48. The molecule has 1 atom stereocenters. The first-order valence-electron chi connectivity index (χ1n) is 3.80. The van der Waals surface area contributed by atoms with Gasteiger partial charge in [-0.2, -0.15) is 12.6 Å². The van der Waals surface area contributed by atoms with Gasteiger partial charge in [-0.3, -0.25) is 0 Å². The van der Waals surface area contributed by atoms with E-state index in [9.17, 15) is 0 Å². The van der Waals surface area contributed by atoms with Crippen LogP contribution in [-0.2, 0) is 9.47 Å². The van der Waals surface area contributed by atoms with Gasteiger partial charge in [-0.15, -0.1) is 0 Å². The fourth-order valence-electron chi connectivity index (χ4n) is 0.926. The van der Waals surface area contributed by atoms with Gasteiger partial charge < -0.3 is 9.47 Å². The van der Waals surface area contributed by atoms with Gasteiger partial charge in [0.15, 0.2) is 0 Å². The van der Waals surface area contributed by atoms with Gasteiger partial charge in [0.05, 0.1) is 19.3 Å². The van der Waals surface area contributed by atoms with E-state index in [0.717, 1.165) is 25.2 Å². The molecule has 0 aromatic carbocycles. The molecule has 2 nitrogen and oxygen atoms in total. The molecule has 1 saturated heterocycles. The molecule has 0 N–H and O–H groups in total. The highest BCUT2D eigenvalue weighted by atomic mass is 32.1. The molecular weight excluding hydrogens is 160 g/mol. The lowest BCUT2D eigenvalue weighted by Crippen LogP contribution is -2.14. The average Bonchev–Trinajstić information content (AvgIpc) is 2.52. The number of thiol groups is 1. The SMILES string of the molecule is C=C(CS)COC1CCOC1. The van der Waals surface area contributed by atoms with Crippen LogP contribution >= 0.6 is 12.6 Å². The van der Waals surface area contributed by atoms with Gasteiger partial charge in [-0.1, -0.05) is 6.58 Å². The lowest BCUT2D eigenvalue weighted by Gasteiger charge is -2.09. The van der Waals surface area contributed by atoms with Gasteiger partial charge in [0.1, 0.15) is 0 Å². The van der Waals surface area contributed by atoms with Crippen molar-refractivity contribution in [3.8, 4) is 0 Å². The van der Waals surface area contributed by atoms with Crippen LogP contribution in [-0.4, -0.2) is 31.7 Å². The Bertz CT molecular complexity index is 130. The molecule has 0 aromatic rings. The summed E-state index contributed by atoms with van der Waals surface area (Å²) in [5.41, 5.74) is 1.03. The molecule has 0 radical (unpaired) electrons. The maximum Gasteiger partial charge on any atom is 0.0834 e. The molecule has 0 amide bonds. The fraction of sp³-hybridized carbons (Fsp3) is 0.750. The second-order valence-electron chi connectivity index (χ2n) is 2.70. The zero-order chi connectivity index (χ0) is 8.10. The Morgan fingerprint density at radius 2 is 2.55 bits per heavy atom. The quantitative estimate of drug-likeness (QED) is 0.511. The summed E-state index contributed by atoms with van der Waals surface area (Å²) in [6.07, 6.45) is 1.30. The molecule has 1 aliphatic heterocycles. The first-order valence-corrected chi connectivity index (χ1v) is 4.43. The summed E-state index contributed by atoms with van der Waals surface area (Å²) in [5.74, 6) is 0.702. The summed E-state index contributed by atoms with van der Waals surface area (Å²) in [5, 5.41) is 0. The molecule has 0 aromatic heterocycles. The summed E-state index contributed by atoms with van der Waals surface area (Å²) < 4.78 is 10.6. The van der Waals surface area contributed by atoms with Crippen molar-refractivity contribution in [3.05, 3.63) is 12.2 Å². The summed E-state index contributed by atoms with van der Waals surface area (Å²) >= 11 is 4.08. The van der Waals surface area contributed by atoms with E-state index in [-0.39, 0.29) is 6.10 Å². The molecule has 0 bridgehead atoms. The maximum absolute atomic E-state index is 5.48. The van der Waals surface area contributed by atoms with Crippen molar-refractivity contribution in [2.75, 3.05) is 25.6 Å². The third kappa shape index (κ3) is 3.27. The predicted octanol–water partition coefficient (Wildman–Crippen LogP) is 1.28. The van der Waals surface area contributed by atoms with Crippen molar-refractivity contribution in [3.63, 3.8) is 0 Å². The molecular formula is C8H14O2S. The minimum absolute atomic E-state index is 0.284. The van der Waals surface area contributed by atoms with E-state index >= 15 is 0 Å². The van der Waals surface area contributed by atoms with Crippen molar-refractivity contribution >= 4 is 12.6 Å². The normalized spacial score (nSPS) is 23.9. The first-order chi connectivity index (χ1) is 5.33. The van der Waals surface area contributed by atoms with E-state index in [1.165, 1.54) is 0 Å². The number of hydrogen-bond donors (Lipinski definition) is 1. The highest BCUT2D eigenvalue weighted by molar-refractivity contribution is 7.80. The third-order valence-electron chi connectivity index (χ3n) is 1.63. The average molecular weight is 174 g/mol. The molecule has 1 unspecified atom stereocenters. The molecule has 1 heterocycles. The molecule has 1 rings (SSSR count). The van der Waals surface area contributed by atoms with E-state index in [1.807, 2.05) is 0 Å². The minimum atomic E-state index is 0.284. The van der Waals surface area contributed by atoms with E-state index in [2.05, 4.69) is 19.2 Å². The van der Waals surface area contributed by atoms with Crippen LogP contribution in [0, 0.1) is 0 Å². The Kier molecular flexibility index (Phi) is 3.97. The van der Waals surface area contributed by atoms with Crippen LogP contribution < -0.4 is 0 Å². The van der Waals surface area contributed by atoms with Crippen LogP contribution in [0.4, 0.5) is 0 Å². The van der Waals surface area contributed by atoms with Crippen molar-refractivity contribution < 1.29 is 9.47 Å². The van der Waals surface area contributed by atoms with E-state index < -0.39 is 0 Å². The third-order valence-corrected chi connectivity index (χ3v) is 2.08. The molecule has 0 spiro atoms. The lowest BCUT2D eigenvalue weighted by molar-refractivity contribution is 0.0569. The number of ether oxygens (including phenoxy) is 2. The Labute approximate surface area is 73.0 Å². The second kappa shape index (κ2) is 4.80. The first kappa shape index (κ1) is 9.10. The standard InChI is InChI=1S/C8H14O2S/c1-7(6-11)4-10-8-2-3-9-5-8/h8,11H,1-6H2. The maximum atomic E-state index is 5.48. The molecule has 3 heteroatoms. The zero-order valence-electron chi connectivity index (χ0n) is 6.58. The molecule has 1 aliphatic rings. The molecule has 0 saturated carbocycles. The highest BCUT2D eigenvalue weighted by Gasteiger charge is 2.15.